The number of amides is 1. The fourth-order valence-electron chi connectivity index (χ4n) is 1.78. The lowest BCUT2D eigenvalue weighted by Gasteiger charge is -2.15. The molecule has 1 aromatic rings. The standard InChI is InChI=1S/C14H22ClN3O/c1-18(9-3-7-16)11-14(19)17-8-6-12-4-2-5-13(15)10-12/h2,4-5,10H,3,6-9,11,16H2,1H3,(H,17,19). The molecule has 0 spiro atoms. The number of carbonyl (C=O) groups excluding carboxylic acids is 1. The van der Waals surface area contributed by atoms with Crippen LogP contribution in [0.5, 0.6) is 0 Å². The molecular formula is C14H22ClN3O. The summed E-state index contributed by atoms with van der Waals surface area (Å²) in [6.07, 6.45) is 1.70. The molecule has 0 aromatic heterocycles. The third-order valence-corrected chi connectivity index (χ3v) is 3.02. The Morgan fingerprint density at radius 3 is 2.95 bits per heavy atom. The van der Waals surface area contributed by atoms with Gasteiger partial charge in [-0.1, -0.05) is 23.7 Å². The summed E-state index contributed by atoms with van der Waals surface area (Å²) >= 11 is 5.90. The van der Waals surface area contributed by atoms with E-state index in [9.17, 15) is 4.79 Å². The van der Waals surface area contributed by atoms with Gasteiger partial charge in [0.1, 0.15) is 0 Å². The number of carbonyl (C=O) groups is 1. The molecular weight excluding hydrogens is 262 g/mol. The van der Waals surface area contributed by atoms with E-state index in [0.717, 1.165) is 30.0 Å². The topological polar surface area (TPSA) is 58.4 Å². The Morgan fingerprint density at radius 1 is 1.47 bits per heavy atom. The zero-order valence-corrected chi connectivity index (χ0v) is 12.1. The first-order valence-electron chi connectivity index (χ1n) is 6.51. The highest BCUT2D eigenvalue weighted by Crippen LogP contribution is 2.10. The summed E-state index contributed by atoms with van der Waals surface area (Å²) in [5.41, 5.74) is 6.56. The van der Waals surface area contributed by atoms with Gasteiger partial charge < -0.3 is 11.1 Å². The van der Waals surface area contributed by atoms with Gasteiger partial charge in [-0.05, 0) is 50.7 Å². The first-order valence-corrected chi connectivity index (χ1v) is 6.89. The highest BCUT2D eigenvalue weighted by atomic mass is 35.5. The van der Waals surface area contributed by atoms with Crippen molar-refractivity contribution >= 4 is 17.5 Å². The Labute approximate surface area is 119 Å². The van der Waals surface area contributed by atoms with Gasteiger partial charge in [-0.3, -0.25) is 9.69 Å². The van der Waals surface area contributed by atoms with Crippen molar-refractivity contribution in [3.05, 3.63) is 34.9 Å². The molecule has 4 nitrogen and oxygen atoms in total. The van der Waals surface area contributed by atoms with Crippen molar-refractivity contribution in [3.63, 3.8) is 0 Å². The monoisotopic (exact) mass is 283 g/mol. The fraction of sp³-hybridized carbons (Fsp3) is 0.500. The molecule has 0 bridgehead atoms. The number of benzene rings is 1. The van der Waals surface area contributed by atoms with Gasteiger partial charge in [0.05, 0.1) is 6.54 Å². The second-order valence-electron chi connectivity index (χ2n) is 4.61. The number of nitrogens with one attached hydrogen (secondary N) is 1. The van der Waals surface area contributed by atoms with Crippen molar-refractivity contribution in [2.45, 2.75) is 12.8 Å². The number of hydrogen-bond acceptors (Lipinski definition) is 3. The third kappa shape index (κ3) is 7.15. The Kier molecular flexibility index (Phi) is 7.48. The first-order chi connectivity index (χ1) is 9.11. The molecule has 1 rings (SSSR count). The van der Waals surface area contributed by atoms with Crippen LogP contribution in [0.1, 0.15) is 12.0 Å². The average Bonchev–Trinajstić information content (AvgIpc) is 2.36. The van der Waals surface area contributed by atoms with Crippen molar-refractivity contribution in [1.29, 1.82) is 0 Å². The van der Waals surface area contributed by atoms with E-state index >= 15 is 0 Å². The Balaban J connectivity index is 2.20. The zero-order valence-electron chi connectivity index (χ0n) is 11.4. The Bertz CT molecular complexity index is 398. The second kappa shape index (κ2) is 8.91. The molecule has 19 heavy (non-hydrogen) atoms. The molecule has 0 fully saturated rings. The van der Waals surface area contributed by atoms with Crippen molar-refractivity contribution < 1.29 is 4.79 Å². The minimum Gasteiger partial charge on any atom is -0.355 e. The van der Waals surface area contributed by atoms with E-state index in [0.29, 0.717) is 19.6 Å². The molecule has 3 N–H and O–H groups in total. The minimum atomic E-state index is 0.0431. The first kappa shape index (κ1) is 16.0. The van der Waals surface area contributed by atoms with Crippen molar-refractivity contribution in [2.24, 2.45) is 5.73 Å². The van der Waals surface area contributed by atoms with Gasteiger partial charge in [0.15, 0.2) is 0 Å². The van der Waals surface area contributed by atoms with Crippen molar-refractivity contribution in [1.82, 2.24) is 10.2 Å². The molecule has 0 atom stereocenters. The summed E-state index contributed by atoms with van der Waals surface area (Å²) < 4.78 is 0. The quantitative estimate of drug-likeness (QED) is 0.756. The lowest BCUT2D eigenvalue weighted by molar-refractivity contribution is -0.121. The normalized spacial score (nSPS) is 10.7. The highest BCUT2D eigenvalue weighted by Gasteiger charge is 2.05. The van der Waals surface area contributed by atoms with Crippen LogP contribution in [0.3, 0.4) is 0 Å². The summed E-state index contributed by atoms with van der Waals surface area (Å²) in [5.74, 6) is 0.0431. The van der Waals surface area contributed by atoms with E-state index in [1.54, 1.807) is 0 Å². The molecule has 1 amide bonds. The maximum absolute atomic E-state index is 11.7. The number of halogens is 1. The van der Waals surface area contributed by atoms with Crippen LogP contribution in [0.2, 0.25) is 5.02 Å². The predicted molar refractivity (Wildman–Crippen MR) is 79.3 cm³/mol. The van der Waals surface area contributed by atoms with Gasteiger partial charge in [-0.2, -0.15) is 0 Å². The summed E-state index contributed by atoms with van der Waals surface area (Å²) in [6.45, 7) is 2.54. The van der Waals surface area contributed by atoms with Gasteiger partial charge >= 0.3 is 0 Å². The van der Waals surface area contributed by atoms with E-state index in [4.69, 9.17) is 17.3 Å². The van der Waals surface area contributed by atoms with Crippen LogP contribution < -0.4 is 11.1 Å². The maximum atomic E-state index is 11.7. The number of rotatable bonds is 8. The molecule has 106 valence electrons. The molecule has 1 aromatic carbocycles. The lowest BCUT2D eigenvalue weighted by atomic mass is 10.1. The van der Waals surface area contributed by atoms with Gasteiger partial charge in [-0.25, -0.2) is 0 Å². The number of hydrogen-bond donors (Lipinski definition) is 2. The molecule has 0 saturated heterocycles. The second-order valence-corrected chi connectivity index (χ2v) is 5.05. The van der Waals surface area contributed by atoms with E-state index < -0.39 is 0 Å². The van der Waals surface area contributed by atoms with E-state index in [1.807, 2.05) is 36.2 Å². The van der Waals surface area contributed by atoms with Crippen LogP contribution in [0.4, 0.5) is 0 Å². The maximum Gasteiger partial charge on any atom is 0.234 e. The van der Waals surface area contributed by atoms with Crippen molar-refractivity contribution in [2.75, 3.05) is 33.2 Å². The van der Waals surface area contributed by atoms with E-state index in [1.165, 1.54) is 0 Å². The lowest BCUT2D eigenvalue weighted by Crippen LogP contribution is -2.36. The van der Waals surface area contributed by atoms with Crippen LogP contribution in [-0.2, 0) is 11.2 Å². The number of nitrogens with zero attached hydrogens (tertiary/aromatic N) is 1. The highest BCUT2D eigenvalue weighted by molar-refractivity contribution is 6.30. The van der Waals surface area contributed by atoms with Crippen LogP contribution in [0.25, 0.3) is 0 Å². The van der Waals surface area contributed by atoms with E-state index in [2.05, 4.69) is 5.32 Å². The van der Waals surface area contributed by atoms with Gasteiger partial charge in [-0.15, -0.1) is 0 Å². The molecule has 0 aliphatic heterocycles. The molecule has 5 heteroatoms. The Morgan fingerprint density at radius 2 is 2.26 bits per heavy atom. The average molecular weight is 284 g/mol. The van der Waals surface area contributed by atoms with Gasteiger partial charge in [0, 0.05) is 11.6 Å². The largest absolute Gasteiger partial charge is 0.355 e. The van der Waals surface area contributed by atoms with Crippen LogP contribution in [0.15, 0.2) is 24.3 Å². The summed E-state index contributed by atoms with van der Waals surface area (Å²) in [7, 11) is 1.92. The van der Waals surface area contributed by atoms with Gasteiger partial charge in [0.25, 0.3) is 0 Å². The predicted octanol–water partition coefficient (Wildman–Crippen LogP) is 1.28. The third-order valence-electron chi connectivity index (χ3n) is 2.78. The van der Waals surface area contributed by atoms with Gasteiger partial charge in [0.2, 0.25) is 5.91 Å². The van der Waals surface area contributed by atoms with Crippen molar-refractivity contribution in [3.8, 4) is 0 Å². The van der Waals surface area contributed by atoms with E-state index in [-0.39, 0.29) is 5.91 Å². The molecule has 0 heterocycles. The minimum absolute atomic E-state index is 0.0431. The van der Waals surface area contributed by atoms with Crippen LogP contribution in [0, 0.1) is 0 Å². The molecule has 0 saturated carbocycles. The van der Waals surface area contributed by atoms with Crippen LogP contribution >= 0.6 is 11.6 Å². The summed E-state index contributed by atoms with van der Waals surface area (Å²) in [5, 5.41) is 3.63. The molecule has 0 aliphatic rings. The molecule has 0 unspecified atom stereocenters. The SMILES string of the molecule is CN(CCCN)CC(=O)NCCc1cccc(Cl)c1. The fourth-order valence-corrected chi connectivity index (χ4v) is 1.99. The molecule has 0 radical (unpaired) electrons. The Hall–Kier alpha value is -1.10. The smallest absolute Gasteiger partial charge is 0.234 e. The summed E-state index contributed by atoms with van der Waals surface area (Å²) in [4.78, 5) is 13.6. The zero-order chi connectivity index (χ0) is 14.1. The number of likely N-dealkylation sites (N-methyl/N-ethyl adjacent to an activating group) is 1. The molecule has 0 aliphatic carbocycles. The summed E-state index contributed by atoms with van der Waals surface area (Å²) in [6, 6.07) is 7.68. The van der Waals surface area contributed by atoms with Crippen LogP contribution in [-0.4, -0.2) is 44.0 Å². The number of nitrogens with two attached hydrogens (primary N) is 1.